The highest BCUT2D eigenvalue weighted by molar-refractivity contribution is 6.34. The van der Waals surface area contributed by atoms with E-state index in [1.165, 1.54) is 0 Å². The molecule has 0 aliphatic rings. The van der Waals surface area contributed by atoms with Crippen molar-refractivity contribution in [1.82, 2.24) is 5.32 Å². The van der Waals surface area contributed by atoms with E-state index in [1.54, 1.807) is 25.3 Å². The Morgan fingerprint density at radius 3 is 2.43 bits per heavy atom. The van der Waals surface area contributed by atoms with Gasteiger partial charge in [-0.25, -0.2) is 4.79 Å². The number of carboxylic acid groups (broad SMARTS) is 1. The van der Waals surface area contributed by atoms with Crippen LogP contribution < -0.4 is 5.32 Å². The number of aliphatic carboxylic acids is 1. The highest BCUT2D eigenvalue weighted by Gasteiger charge is 2.20. The monoisotopic (exact) mass is 333 g/mol. The van der Waals surface area contributed by atoms with E-state index in [2.05, 4.69) is 5.32 Å². The molecule has 0 spiro atoms. The van der Waals surface area contributed by atoms with Gasteiger partial charge in [-0.3, -0.25) is 4.79 Å². The number of hydrogen-bond acceptors (Lipinski definition) is 3. The average molecular weight is 334 g/mol. The molecule has 2 N–H and O–H groups in total. The lowest BCUT2D eigenvalue weighted by Gasteiger charge is -2.15. The molecule has 1 aromatic rings. The van der Waals surface area contributed by atoms with Crippen LogP contribution in [0.1, 0.15) is 18.4 Å². The van der Waals surface area contributed by atoms with Gasteiger partial charge in [-0.1, -0.05) is 23.2 Å². The quantitative estimate of drug-likeness (QED) is 0.717. The minimum atomic E-state index is -1.11. The molecule has 21 heavy (non-hydrogen) atoms. The van der Waals surface area contributed by atoms with Gasteiger partial charge in [0.25, 0.3) is 0 Å². The van der Waals surface area contributed by atoms with Crippen molar-refractivity contribution in [2.75, 3.05) is 13.7 Å². The first-order valence-electron chi connectivity index (χ1n) is 6.38. The second-order valence-electron chi connectivity index (χ2n) is 4.54. The molecule has 5 nitrogen and oxygen atoms in total. The van der Waals surface area contributed by atoms with Crippen LogP contribution in [0.2, 0.25) is 10.0 Å². The molecular formula is C14H17Cl2NO4. The van der Waals surface area contributed by atoms with Gasteiger partial charge in [0.2, 0.25) is 5.91 Å². The molecule has 1 atom stereocenters. The Kier molecular flexibility index (Phi) is 7.50. The summed E-state index contributed by atoms with van der Waals surface area (Å²) in [6, 6.07) is 3.79. The van der Waals surface area contributed by atoms with Crippen LogP contribution in [0, 0.1) is 0 Å². The van der Waals surface area contributed by atoms with Crippen LogP contribution in [0.4, 0.5) is 0 Å². The minimum Gasteiger partial charge on any atom is -0.480 e. The molecule has 1 rings (SSSR count). The number of carbonyl (C=O) groups excluding carboxylic acids is 1. The van der Waals surface area contributed by atoms with Crippen LogP contribution in [0.25, 0.3) is 0 Å². The van der Waals surface area contributed by atoms with Crippen LogP contribution in [0.15, 0.2) is 18.2 Å². The van der Waals surface area contributed by atoms with E-state index in [-0.39, 0.29) is 18.7 Å². The molecule has 116 valence electrons. The van der Waals surface area contributed by atoms with Gasteiger partial charge in [-0.05, 0) is 30.2 Å². The molecule has 0 radical (unpaired) electrons. The second kappa shape index (κ2) is 8.87. The van der Waals surface area contributed by atoms with Gasteiger partial charge in [0.15, 0.2) is 0 Å². The number of ether oxygens (including phenoxy) is 1. The van der Waals surface area contributed by atoms with Crippen molar-refractivity contribution in [2.24, 2.45) is 0 Å². The number of halogens is 2. The molecular weight excluding hydrogens is 317 g/mol. The summed E-state index contributed by atoms with van der Waals surface area (Å²) >= 11 is 11.7. The normalized spacial score (nSPS) is 12.0. The topological polar surface area (TPSA) is 75.6 Å². The fourth-order valence-electron chi connectivity index (χ4n) is 1.81. The van der Waals surface area contributed by atoms with Gasteiger partial charge in [0.05, 0.1) is 0 Å². The molecule has 0 saturated carbocycles. The summed E-state index contributed by atoms with van der Waals surface area (Å²) in [6.45, 7) is 0.453. The lowest BCUT2D eigenvalue weighted by molar-refractivity contribution is -0.141. The predicted octanol–water partition coefficient (Wildman–Crippen LogP) is 2.53. The highest BCUT2D eigenvalue weighted by atomic mass is 35.5. The van der Waals surface area contributed by atoms with E-state index in [0.717, 1.165) is 0 Å². The van der Waals surface area contributed by atoms with Gasteiger partial charge in [0.1, 0.15) is 6.04 Å². The van der Waals surface area contributed by atoms with E-state index in [4.69, 9.17) is 27.9 Å². The Bertz CT molecular complexity index is 487. The highest BCUT2D eigenvalue weighted by Crippen LogP contribution is 2.20. The van der Waals surface area contributed by atoms with Crippen molar-refractivity contribution >= 4 is 35.1 Å². The molecule has 0 fully saturated rings. The lowest BCUT2D eigenvalue weighted by atomic mass is 10.1. The van der Waals surface area contributed by atoms with Crippen molar-refractivity contribution < 1.29 is 19.4 Å². The summed E-state index contributed by atoms with van der Waals surface area (Å²) < 4.78 is 4.84. The maximum atomic E-state index is 11.7. The zero-order chi connectivity index (χ0) is 15.8. The van der Waals surface area contributed by atoms with E-state index in [1.807, 2.05) is 0 Å². The predicted molar refractivity (Wildman–Crippen MR) is 80.8 cm³/mol. The first-order chi connectivity index (χ1) is 9.92. The van der Waals surface area contributed by atoms with Gasteiger partial charge in [0, 0.05) is 36.6 Å². The van der Waals surface area contributed by atoms with E-state index >= 15 is 0 Å². The maximum Gasteiger partial charge on any atom is 0.326 e. The third-order valence-corrected chi connectivity index (χ3v) is 3.18. The molecule has 1 unspecified atom stereocenters. The van der Waals surface area contributed by atoms with Crippen LogP contribution >= 0.6 is 23.2 Å². The zero-order valence-electron chi connectivity index (χ0n) is 11.6. The Labute approximate surface area is 133 Å². The summed E-state index contributed by atoms with van der Waals surface area (Å²) in [4.78, 5) is 22.9. The molecule has 1 aromatic carbocycles. The van der Waals surface area contributed by atoms with Gasteiger partial charge in [-0.2, -0.15) is 0 Å². The SMILES string of the molecule is COCCCC(=O)NC(Cc1cc(Cl)cc(Cl)c1)C(=O)O. The van der Waals surface area contributed by atoms with Crippen LogP contribution in [0.3, 0.4) is 0 Å². The maximum absolute atomic E-state index is 11.7. The summed E-state index contributed by atoms with van der Waals surface area (Å²) in [5.41, 5.74) is 0.650. The van der Waals surface area contributed by atoms with Crippen LogP contribution in [0.5, 0.6) is 0 Å². The van der Waals surface area contributed by atoms with Gasteiger partial charge >= 0.3 is 5.97 Å². The number of amides is 1. The fraction of sp³-hybridized carbons (Fsp3) is 0.429. The van der Waals surface area contributed by atoms with Crippen molar-refractivity contribution in [1.29, 1.82) is 0 Å². The second-order valence-corrected chi connectivity index (χ2v) is 5.41. The number of carboxylic acids is 1. The lowest BCUT2D eigenvalue weighted by Crippen LogP contribution is -2.42. The minimum absolute atomic E-state index is 0.117. The number of methoxy groups -OCH3 is 1. The third kappa shape index (κ3) is 6.80. The van der Waals surface area contributed by atoms with Gasteiger partial charge in [-0.15, -0.1) is 0 Å². The largest absolute Gasteiger partial charge is 0.480 e. The van der Waals surface area contributed by atoms with E-state index in [0.29, 0.717) is 28.6 Å². The Hall–Kier alpha value is -1.30. The summed E-state index contributed by atoms with van der Waals surface area (Å²) in [6.07, 6.45) is 0.872. The molecule has 0 aromatic heterocycles. The first-order valence-corrected chi connectivity index (χ1v) is 7.14. The first kappa shape index (κ1) is 17.8. The number of benzene rings is 1. The molecule has 1 amide bonds. The van der Waals surface area contributed by atoms with Crippen molar-refractivity contribution in [3.8, 4) is 0 Å². The number of nitrogens with one attached hydrogen (secondary N) is 1. The van der Waals surface area contributed by atoms with E-state index < -0.39 is 12.0 Å². The standard InChI is InChI=1S/C14H17Cl2NO4/c1-21-4-2-3-13(18)17-12(14(19)20)7-9-5-10(15)8-11(16)6-9/h5-6,8,12H,2-4,7H2,1H3,(H,17,18)(H,19,20). The van der Waals surface area contributed by atoms with Crippen LogP contribution in [-0.4, -0.2) is 36.7 Å². The summed E-state index contributed by atoms with van der Waals surface area (Å²) in [7, 11) is 1.54. The van der Waals surface area contributed by atoms with E-state index in [9.17, 15) is 14.7 Å². The Balaban J connectivity index is 2.65. The summed E-state index contributed by atoms with van der Waals surface area (Å²) in [5, 5.41) is 12.5. The molecule has 0 aliphatic carbocycles. The Morgan fingerprint density at radius 1 is 1.29 bits per heavy atom. The summed E-state index contributed by atoms with van der Waals surface area (Å²) in [5.74, 6) is -1.43. The average Bonchev–Trinajstić information content (AvgIpc) is 2.37. The van der Waals surface area contributed by atoms with Crippen molar-refractivity contribution in [2.45, 2.75) is 25.3 Å². The smallest absolute Gasteiger partial charge is 0.326 e. The number of hydrogen-bond donors (Lipinski definition) is 2. The molecule has 0 heterocycles. The molecule has 0 saturated heterocycles. The Morgan fingerprint density at radius 2 is 1.90 bits per heavy atom. The molecule has 7 heteroatoms. The van der Waals surface area contributed by atoms with Crippen LogP contribution in [-0.2, 0) is 20.7 Å². The number of carbonyl (C=O) groups is 2. The molecule has 0 bridgehead atoms. The van der Waals surface area contributed by atoms with Crippen molar-refractivity contribution in [3.63, 3.8) is 0 Å². The van der Waals surface area contributed by atoms with Crippen molar-refractivity contribution in [3.05, 3.63) is 33.8 Å². The zero-order valence-corrected chi connectivity index (χ0v) is 13.1. The number of rotatable bonds is 8. The van der Waals surface area contributed by atoms with Gasteiger partial charge < -0.3 is 15.2 Å². The fourth-order valence-corrected chi connectivity index (χ4v) is 2.38. The third-order valence-electron chi connectivity index (χ3n) is 2.75. The molecule has 0 aliphatic heterocycles.